The van der Waals surface area contributed by atoms with E-state index in [0.717, 1.165) is 16.8 Å². The highest BCUT2D eigenvalue weighted by Gasteiger charge is 2.28. The van der Waals surface area contributed by atoms with Gasteiger partial charge in [-0.1, -0.05) is 5.16 Å². The lowest BCUT2D eigenvalue weighted by Gasteiger charge is -2.26. The van der Waals surface area contributed by atoms with Gasteiger partial charge in [-0.25, -0.2) is 4.39 Å². The first-order valence-corrected chi connectivity index (χ1v) is 8.82. The second-order valence-corrected chi connectivity index (χ2v) is 6.54. The minimum atomic E-state index is -0.414. The number of fused-ring (bicyclic) bond motifs is 1. The Morgan fingerprint density at radius 3 is 2.50 bits per heavy atom. The Morgan fingerprint density at radius 1 is 1.11 bits per heavy atom. The summed E-state index contributed by atoms with van der Waals surface area (Å²) in [5, 5.41) is 4.11. The van der Waals surface area contributed by atoms with Crippen molar-refractivity contribution in [2.45, 2.75) is 19.9 Å². The summed E-state index contributed by atoms with van der Waals surface area (Å²) in [4.78, 5) is 25.6. The van der Waals surface area contributed by atoms with Crippen molar-refractivity contribution >= 4 is 11.9 Å². The molecule has 28 heavy (non-hydrogen) atoms. The molecule has 2 heterocycles. The zero-order chi connectivity index (χ0) is 19.7. The van der Waals surface area contributed by atoms with Gasteiger partial charge < -0.3 is 14.2 Å². The van der Waals surface area contributed by atoms with Crippen LogP contribution in [0.2, 0.25) is 0 Å². The molecule has 0 saturated carbocycles. The highest BCUT2D eigenvalue weighted by Crippen LogP contribution is 2.31. The van der Waals surface area contributed by atoms with E-state index < -0.39 is 5.97 Å². The molecule has 0 fully saturated rings. The number of esters is 1. The molecule has 0 radical (unpaired) electrons. The van der Waals surface area contributed by atoms with E-state index in [1.54, 1.807) is 41.3 Å². The van der Waals surface area contributed by atoms with Gasteiger partial charge in [-0.05, 0) is 48.5 Å². The van der Waals surface area contributed by atoms with Gasteiger partial charge in [-0.3, -0.25) is 9.59 Å². The molecule has 1 amide bonds. The van der Waals surface area contributed by atoms with Gasteiger partial charge in [0.1, 0.15) is 11.6 Å². The summed E-state index contributed by atoms with van der Waals surface area (Å²) in [5.74, 6) is 0.0705. The summed E-state index contributed by atoms with van der Waals surface area (Å²) in [6, 6.07) is 12.4. The molecule has 7 heteroatoms. The van der Waals surface area contributed by atoms with E-state index in [0.29, 0.717) is 36.6 Å². The number of aromatic nitrogens is 1. The lowest BCUT2D eigenvalue weighted by atomic mass is 10.0. The molecule has 4 rings (SSSR count). The van der Waals surface area contributed by atoms with Crippen LogP contribution in [0.4, 0.5) is 4.39 Å². The number of carbonyl (C=O) groups excluding carboxylic acids is 2. The van der Waals surface area contributed by atoms with Crippen molar-refractivity contribution in [3.05, 3.63) is 71.2 Å². The summed E-state index contributed by atoms with van der Waals surface area (Å²) < 4.78 is 23.7. The van der Waals surface area contributed by atoms with Crippen LogP contribution in [-0.2, 0) is 17.8 Å². The summed E-state index contributed by atoms with van der Waals surface area (Å²) in [5.41, 5.74) is 2.87. The number of nitrogens with zero attached hydrogens (tertiary/aromatic N) is 2. The molecular formula is C21H17FN2O4. The Kier molecular flexibility index (Phi) is 4.65. The maximum absolute atomic E-state index is 13.2. The van der Waals surface area contributed by atoms with Crippen LogP contribution in [-0.4, -0.2) is 28.5 Å². The molecule has 0 bridgehead atoms. The third kappa shape index (κ3) is 3.51. The zero-order valence-corrected chi connectivity index (χ0v) is 15.1. The molecule has 2 aromatic carbocycles. The van der Waals surface area contributed by atoms with Crippen molar-refractivity contribution < 1.29 is 23.2 Å². The Bertz CT molecular complexity index is 1030. The van der Waals surface area contributed by atoms with Gasteiger partial charge in [-0.15, -0.1) is 0 Å². The van der Waals surface area contributed by atoms with Crippen molar-refractivity contribution in [3.63, 3.8) is 0 Å². The summed E-state index contributed by atoms with van der Waals surface area (Å²) in [6.45, 7) is 2.20. The Balaban J connectivity index is 1.55. The van der Waals surface area contributed by atoms with Crippen molar-refractivity contribution in [2.75, 3.05) is 6.54 Å². The summed E-state index contributed by atoms with van der Waals surface area (Å²) in [6.07, 6.45) is 0.581. The third-order valence-corrected chi connectivity index (χ3v) is 4.59. The Morgan fingerprint density at radius 2 is 1.82 bits per heavy atom. The van der Waals surface area contributed by atoms with E-state index in [1.165, 1.54) is 19.1 Å². The fourth-order valence-corrected chi connectivity index (χ4v) is 3.23. The number of hydrogen-bond donors (Lipinski definition) is 0. The minimum absolute atomic E-state index is 0.133. The lowest BCUT2D eigenvalue weighted by Crippen LogP contribution is -2.35. The monoisotopic (exact) mass is 380 g/mol. The van der Waals surface area contributed by atoms with Gasteiger partial charge in [0.2, 0.25) is 0 Å². The van der Waals surface area contributed by atoms with Crippen LogP contribution in [0.15, 0.2) is 53.1 Å². The maximum Gasteiger partial charge on any atom is 0.308 e. The first kappa shape index (κ1) is 17.9. The van der Waals surface area contributed by atoms with Gasteiger partial charge in [0.25, 0.3) is 5.91 Å². The van der Waals surface area contributed by atoms with Crippen LogP contribution < -0.4 is 4.74 Å². The van der Waals surface area contributed by atoms with E-state index >= 15 is 0 Å². The van der Waals surface area contributed by atoms with E-state index in [9.17, 15) is 14.0 Å². The summed E-state index contributed by atoms with van der Waals surface area (Å²) in [7, 11) is 0. The van der Waals surface area contributed by atoms with Crippen molar-refractivity contribution in [2.24, 2.45) is 0 Å². The standard InChI is InChI=1S/C21H17FN2O4/c1-13(25)27-17-8-4-15(5-9-17)21(26)24-11-10-19-18(12-24)20(28-23-19)14-2-6-16(22)7-3-14/h2-9H,10-12H2,1H3. The Hall–Kier alpha value is -3.48. The number of benzene rings is 2. The fourth-order valence-electron chi connectivity index (χ4n) is 3.23. The fraction of sp³-hybridized carbons (Fsp3) is 0.190. The van der Waals surface area contributed by atoms with Crippen molar-refractivity contribution in [1.82, 2.24) is 10.1 Å². The topological polar surface area (TPSA) is 72.6 Å². The van der Waals surface area contributed by atoms with Gasteiger partial charge in [0, 0.05) is 36.6 Å². The van der Waals surface area contributed by atoms with Gasteiger partial charge in [-0.2, -0.15) is 0 Å². The first-order chi connectivity index (χ1) is 13.5. The molecule has 0 N–H and O–H groups in total. The molecule has 0 aliphatic carbocycles. The van der Waals surface area contributed by atoms with Crippen LogP contribution in [0.5, 0.6) is 5.75 Å². The number of carbonyl (C=O) groups is 2. The van der Waals surface area contributed by atoms with Gasteiger partial charge >= 0.3 is 5.97 Å². The normalized spacial score (nSPS) is 13.1. The molecule has 6 nitrogen and oxygen atoms in total. The highest BCUT2D eigenvalue weighted by atomic mass is 19.1. The number of amides is 1. The van der Waals surface area contributed by atoms with Crippen LogP contribution in [0, 0.1) is 5.82 Å². The molecule has 1 aliphatic heterocycles. The minimum Gasteiger partial charge on any atom is -0.427 e. The molecule has 0 spiro atoms. The maximum atomic E-state index is 13.2. The highest BCUT2D eigenvalue weighted by molar-refractivity contribution is 5.94. The second kappa shape index (κ2) is 7.26. The van der Waals surface area contributed by atoms with Crippen LogP contribution in [0.1, 0.15) is 28.5 Å². The first-order valence-electron chi connectivity index (χ1n) is 8.82. The predicted molar refractivity (Wildman–Crippen MR) is 98.1 cm³/mol. The molecular weight excluding hydrogens is 363 g/mol. The molecule has 3 aromatic rings. The predicted octanol–water partition coefficient (Wildman–Crippen LogP) is 3.60. The van der Waals surface area contributed by atoms with Crippen molar-refractivity contribution in [1.29, 1.82) is 0 Å². The largest absolute Gasteiger partial charge is 0.427 e. The lowest BCUT2D eigenvalue weighted by molar-refractivity contribution is -0.131. The number of ether oxygens (including phenoxy) is 1. The van der Waals surface area contributed by atoms with Crippen molar-refractivity contribution in [3.8, 4) is 17.1 Å². The van der Waals surface area contributed by atoms with Crippen LogP contribution >= 0.6 is 0 Å². The number of rotatable bonds is 3. The molecule has 142 valence electrons. The third-order valence-electron chi connectivity index (χ3n) is 4.59. The number of halogens is 1. The smallest absolute Gasteiger partial charge is 0.308 e. The summed E-state index contributed by atoms with van der Waals surface area (Å²) >= 11 is 0. The quantitative estimate of drug-likeness (QED) is 0.513. The van der Waals surface area contributed by atoms with Gasteiger partial charge in [0.15, 0.2) is 5.76 Å². The van der Waals surface area contributed by atoms with E-state index in [1.807, 2.05) is 0 Å². The Labute approximate surface area is 160 Å². The molecule has 1 aliphatic rings. The SMILES string of the molecule is CC(=O)Oc1ccc(C(=O)N2CCc3noc(-c4ccc(F)cc4)c3C2)cc1. The van der Waals surface area contributed by atoms with Crippen LogP contribution in [0.3, 0.4) is 0 Å². The molecule has 0 unspecified atom stereocenters. The van der Waals surface area contributed by atoms with Crippen LogP contribution in [0.25, 0.3) is 11.3 Å². The van der Waals surface area contributed by atoms with E-state index in [2.05, 4.69) is 5.16 Å². The number of hydrogen-bond acceptors (Lipinski definition) is 5. The molecule has 0 atom stereocenters. The molecule has 1 aromatic heterocycles. The van der Waals surface area contributed by atoms with E-state index in [4.69, 9.17) is 9.26 Å². The average molecular weight is 380 g/mol. The molecule has 0 saturated heterocycles. The van der Waals surface area contributed by atoms with Gasteiger partial charge in [0.05, 0.1) is 12.2 Å². The van der Waals surface area contributed by atoms with E-state index in [-0.39, 0.29) is 11.7 Å². The second-order valence-electron chi connectivity index (χ2n) is 6.54. The average Bonchev–Trinajstić information content (AvgIpc) is 3.11. The zero-order valence-electron chi connectivity index (χ0n) is 15.1.